The van der Waals surface area contributed by atoms with Crippen molar-refractivity contribution >= 4 is 47.4 Å². The monoisotopic (exact) mass is 788 g/mol. The first-order valence-corrected chi connectivity index (χ1v) is 19.4. The van der Waals surface area contributed by atoms with Crippen molar-refractivity contribution in [2.24, 2.45) is 44.4 Å². The highest BCUT2D eigenvalue weighted by Crippen LogP contribution is 2.07. The fraction of sp³-hybridized carbons (Fsp3) is 0.622. The Morgan fingerprint density at radius 2 is 1.04 bits per heavy atom. The molecule has 0 saturated heterocycles. The van der Waals surface area contributed by atoms with Crippen LogP contribution in [-0.4, -0.2) is 98.2 Å². The lowest BCUT2D eigenvalue weighted by atomic mass is 10.1. The number of aliphatic imine (C=N–C) groups is 2. The summed E-state index contributed by atoms with van der Waals surface area (Å²) in [6.07, 6.45) is 7.22. The summed E-state index contributed by atoms with van der Waals surface area (Å²) in [7, 11) is 0. The van der Waals surface area contributed by atoms with Crippen molar-refractivity contribution in [2.45, 2.75) is 114 Å². The zero-order valence-electron chi connectivity index (χ0n) is 32.6. The van der Waals surface area contributed by atoms with Crippen LogP contribution in [0.15, 0.2) is 40.3 Å². The highest BCUT2D eigenvalue weighted by molar-refractivity contribution is 5.94. The summed E-state index contributed by atoms with van der Waals surface area (Å²) >= 11 is 0. The second-order valence-electron chi connectivity index (χ2n) is 13.4. The first-order chi connectivity index (χ1) is 26.8. The van der Waals surface area contributed by atoms with E-state index >= 15 is 0 Å². The van der Waals surface area contributed by atoms with Gasteiger partial charge >= 0.3 is 0 Å². The summed E-state index contributed by atoms with van der Waals surface area (Å²) in [6, 6.07) is 6.32. The molecule has 19 nitrogen and oxygen atoms in total. The van der Waals surface area contributed by atoms with Crippen molar-refractivity contribution in [3.63, 3.8) is 0 Å². The fourth-order valence-corrected chi connectivity index (χ4v) is 5.53. The number of primary amides is 1. The molecule has 0 aromatic heterocycles. The predicted octanol–water partition coefficient (Wildman–Crippen LogP) is -1.17. The number of hydrogen-bond donors (Lipinski definition) is 11. The number of hydrogen-bond acceptors (Lipinski definition) is 9. The molecule has 0 heterocycles. The first-order valence-electron chi connectivity index (χ1n) is 19.4. The molecule has 0 aliphatic rings. The third-order valence-corrected chi connectivity index (χ3v) is 8.58. The molecule has 1 aromatic rings. The first kappa shape index (κ1) is 48.6. The van der Waals surface area contributed by atoms with Gasteiger partial charge in [-0.3, -0.25) is 38.8 Å². The highest BCUT2D eigenvalue weighted by atomic mass is 16.2. The van der Waals surface area contributed by atoms with Gasteiger partial charge in [0.25, 0.3) is 5.91 Å². The molecule has 0 radical (unpaired) electrons. The van der Waals surface area contributed by atoms with Crippen molar-refractivity contribution in [1.82, 2.24) is 26.6 Å². The molecule has 0 aliphatic heterocycles. The number of unbranched alkanes of at least 4 members (excludes halogenated alkanes) is 5. The molecule has 0 aliphatic carbocycles. The average Bonchev–Trinajstić information content (AvgIpc) is 3.16. The molecule has 314 valence electrons. The Kier molecular flexibility index (Phi) is 25.9. The lowest BCUT2D eigenvalue weighted by Gasteiger charge is -2.22. The second kappa shape index (κ2) is 29.8. The van der Waals surface area contributed by atoms with E-state index in [1.807, 2.05) is 6.07 Å². The van der Waals surface area contributed by atoms with Gasteiger partial charge < -0.3 is 61.0 Å². The van der Waals surface area contributed by atoms with Crippen LogP contribution in [0.1, 0.15) is 107 Å². The van der Waals surface area contributed by atoms with Gasteiger partial charge in [0.05, 0.1) is 0 Å². The normalized spacial score (nSPS) is 12.2. The molecule has 56 heavy (non-hydrogen) atoms. The Balaban J connectivity index is 2.51. The standard InChI is InChI=1S/C37H65N13O6/c38-21-9-8-16-28(48-30(51)19-6-2-10-22-44-33(54)26-14-4-1-5-15-26)34(55)45-23-11-3-7-20-31(52)49-29(18-13-25-47-37(42)43)35(56)50-27(32(39)53)17-12-24-46-36(40)41/h1,4-5,14-15,27-29H,2-3,6-13,16-25,38H2,(H2,39,53)(H,44,54)(H,45,55)(H,48,51)(H,49,52)(H,50,56)(H4,40,41,46)(H4,42,43,47)/t27-,28-,29-/m1/s1. The summed E-state index contributed by atoms with van der Waals surface area (Å²) in [5.74, 6) is -2.49. The van der Waals surface area contributed by atoms with Crippen LogP contribution in [0.4, 0.5) is 0 Å². The van der Waals surface area contributed by atoms with Gasteiger partial charge in [-0.05, 0) is 89.3 Å². The number of amides is 6. The third-order valence-electron chi connectivity index (χ3n) is 8.58. The van der Waals surface area contributed by atoms with Gasteiger partial charge in [0.15, 0.2) is 11.9 Å². The molecule has 0 spiro atoms. The molecular weight excluding hydrogens is 722 g/mol. The lowest BCUT2D eigenvalue weighted by molar-refractivity contribution is -0.131. The van der Waals surface area contributed by atoms with Crippen LogP contribution in [0.25, 0.3) is 0 Å². The van der Waals surface area contributed by atoms with Crippen molar-refractivity contribution in [1.29, 1.82) is 0 Å². The highest BCUT2D eigenvalue weighted by Gasteiger charge is 2.25. The van der Waals surface area contributed by atoms with Crippen LogP contribution in [0.3, 0.4) is 0 Å². The van der Waals surface area contributed by atoms with Gasteiger partial charge in [-0.1, -0.05) is 31.0 Å². The summed E-state index contributed by atoms with van der Waals surface area (Å²) in [6.45, 7) is 1.83. The van der Waals surface area contributed by atoms with Crippen LogP contribution in [0, 0.1) is 0 Å². The Morgan fingerprint density at radius 1 is 0.536 bits per heavy atom. The van der Waals surface area contributed by atoms with Crippen molar-refractivity contribution in [3.8, 4) is 0 Å². The molecular formula is C37H65N13O6. The number of benzene rings is 1. The molecule has 3 atom stereocenters. The summed E-state index contributed by atoms with van der Waals surface area (Å²) in [5.41, 5.74) is 33.1. The minimum Gasteiger partial charge on any atom is -0.370 e. The minimum atomic E-state index is -0.991. The van der Waals surface area contributed by atoms with Gasteiger partial charge in [0, 0.05) is 44.6 Å². The Hall–Kier alpha value is -5.46. The van der Waals surface area contributed by atoms with Crippen LogP contribution in [-0.2, 0) is 24.0 Å². The zero-order valence-corrected chi connectivity index (χ0v) is 32.6. The van der Waals surface area contributed by atoms with E-state index < -0.39 is 29.9 Å². The average molecular weight is 788 g/mol. The van der Waals surface area contributed by atoms with E-state index in [1.165, 1.54) is 0 Å². The van der Waals surface area contributed by atoms with Gasteiger partial charge in [-0.2, -0.15) is 0 Å². The largest absolute Gasteiger partial charge is 0.370 e. The van der Waals surface area contributed by atoms with Gasteiger partial charge in [-0.25, -0.2) is 0 Å². The van der Waals surface area contributed by atoms with E-state index in [0.717, 1.165) is 19.3 Å². The predicted molar refractivity (Wildman–Crippen MR) is 216 cm³/mol. The van der Waals surface area contributed by atoms with Gasteiger partial charge in [-0.15, -0.1) is 0 Å². The third kappa shape index (κ3) is 24.0. The molecule has 1 aromatic carbocycles. The maximum Gasteiger partial charge on any atom is 0.251 e. The van der Waals surface area contributed by atoms with Crippen molar-refractivity contribution < 1.29 is 28.8 Å². The molecule has 17 N–H and O–H groups in total. The molecule has 0 unspecified atom stereocenters. The topological polar surface area (TPSA) is 343 Å². The van der Waals surface area contributed by atoms with E-state index in [0.29, 0.717) is 76.6 Å². The molecule has 1 rings (SSSR count). The number of nitrogens with one attached hydrogen (secondary N) is 5. The Labute approximate surface area is 329 Å². The fourth-order valence-electron chi connectivity index (χ4n) is 5.53. The SMILES string of the molecule is NCCCC[C@@H](NC(=O)CCCCCNC(=O)c1ccccc1)C(=O)NCCCCCC(=O)N[C@H](CCCN=C(N)N)C(=O)N[C@H](CCCN=C(N)N)C(N)=O. The number of guanidine groups is 2. The van der Waals surface area contributed by atoms with Crippen molar-refractivity contribution in [2.75, 3.05) is 32.7 Å². The molecule has 6 amide bonds. The number of rotatable bonds is 31. The number of carbonyl (C=O) groups excluding carboxylic acids is 6. The zero-order chi connectivity index (χ0) is 41.6. The van der Waals surface area contributed by atoms with E-state index in [4.69, 9.17) is 34.4 Å². The van der Waals surface area contributed by atoms with E-state index in [1.54, 1.807) is 24.3 Å². The smallest absolute Gasteiger partial charge is 0.251 e. The summed E-state index contributed by atoms with van der Waals surface area (Å²) < 4.78 is 0. The maximum absolute atomic E-state index is 13.1. The summed E-state index contributed by atoms with van der Waals surface area (Å²) in [5, 5.41) is 13.9. The van der Waals surface area contributed by atoms with Crippen LogP contribution < -0.4 is 61.0 Å². The molecule has 19 heteroatoms. The van der Waals surface area contributed by atoms with Crippen LogP contribution in [0.2, 0.25) is 0 Å². The second-order valence-corrected chi connectivity index (χ2v) is 13.4. The molecule has 0 fully saturated rings. The Morgan fingerprint density at radius 3 is 1.55 bits per heavy atom. The molecule has 0 bridgehead atoms. The van der Waals surface area contributed by atoms with Crippen LogP contribution >= 0.6 is 0 Å². The van der Waals surface area contributed by atoms with E-state index in [9.17, 15) is 28.8 Å². The molecule has 0 saturated carbocycles. The van der Waals surface area contributed by atoms with E-state index in [2.05, 4.69) is 36.6 Å². The quantitative estimate of drug-likeness (QED) is 0.0242. The van der Waals surface area contributed by atoms with Crippen LogP contribution in [0.5, 0.6) is 0 Å². The van der Waals surface area contributed by atoms with Gasteiger partial charge in [0.2, 0.25) is 29.5 Å². The Bertz CT molecular complexity index is 1400. The number of nitrogens with zero attached hydrogens (tertiary/aromatic N) is 2. The lowest BCUT2D eigenvalue weighted by Crippen LogP contribution is -2.53. The summed E-state index contributed by atoms with van der Waals surface area (Å²) in [4.78, 5) is 83.5. The minimum absolute atomic E-state index is 0.0926. The number of carbonyl (C=O) groups is 6. The van der Waals surface area contributed by atoms with Crippen molar-refractivity contribution in [3.05, 3.63) is 35.9 Å². The maximum atomic E-state index is 13.1. The number of nitrogens with two attached hydrogens (primary N) is 6. The van der Waals surface area contributed by atoms with E-state index in [-0.39, 0.29) is 74.3 Å². The van der Waals surface area contributed by atoms with Gasteiger partial charge in [0.1, 0.15) is 18.1 Å².